The van der Waals surface area contributed by atoms with Crippen molar-refractivity contribution in [2.45, 2.75) is 27.5 Å². The van der Waals surface area contributed by atoms with Gasteiger partial charge in [-0.1, -0.05) is 23.7 Å². The number of hydrogen-bond donors (Lipinski definition) is 0. The summed E-state index contributed by atoms with van der Waals surface area (Å²) in [6, 6.07) is 8.70. The van der Waals surface area contributed by atoms with Gasteiger partial charge in [0, 0.05) is 33.4 Å². The fourth-order valence-electron chi connectivity index (χ4n) is 2.56. The normalized spacial score (nSPS) is 11.6. The molecule has 0 bridgehead atoms. The number of halogens is 2. The maximum absolute atomic E-state index is 13.1. The van der Waals surface area contributed by atoms with Crippen LogP contribution in [-0.4, -0.2) is 21.3 Å². The molecule has 0 radical (unpaired) electrons. The summed E-state index contributed by atoms with van der Waals surface area (Å²) < 4.78 is 7.78. The zero-order chi connectivity index (χ0) is 19.8. The van der Waals surface area contributed by atoms with Gasteiger partial charge in [0.05, 0.1) is 10.4 Å². The SMILES string of the molecule is CC(C)(C)C(=O)OCn1cc(C(=O)c2ccccc2Cl)c2cc(Br)cnc21. The van der Waals surface area contributed by atoms with Crippen molar-refractivity contribution in [3.8, 4) is 0 Å². The van der Waals surface area contributed by atoms with Gasteiger partial charge in [0.2, 0.25) is 0 Å². The first-order chi connectivity index (χ1) is 12.7. The fourth-order valence-corrected chi connectivity index (χ4v) is 3.11. The first-order valence-corrected chi connectivity index (χ1v) is 9.46. The molecule has 0 aliphatic rings. The third-order valence-electron chi connectivity index (χ3n) is 3.99. The number of hydrogen-bond acceptors (Lipinski definition) is 4. The quantitative estimate of drug-likeness (QED) is 0.404. The highest BCUT2D eigenvalue weighted by Crippen LogP contribution is 2.28. The van der Waals surface area contributed by atoms with Gasteiger partial charge in [0.1, 0.15) is 5.65 Å². The number of rotatable bonds is 4. The molecular weight excluding hydrogens is 432 g/mol. The van der Waals surface area contributed by atoms with Crippen LogP contribution in [0.25, 0.3) is 11.0 Å². The Kier molecular flexibility index (Phi) is 5.40. The minimum atomic E-state index is -0.615. The molecule has 2 aromatic heterocycles. The topological polar surface area (TPSA) is 61.2 Å². The van der Waals surface area contributed by atoms with E-state index in [2.05, 4.69) is 20.9 Å². The minimum Gasteiger partial charge on any atom is -0.443 e. The van der Waals surface area contributed by atoms with E-state index in [-0.39, 0.29) is 18.5 Å². The lowest BCUT2D eigenvalue weighted by molar-refractivity contribution is -0.156. The number of carbonyl (C=O) groups excluding carboxylic acids is 2. The van der Waals surface area contributed by atoms with Crippen molar-refractivity contribution in [3.05, 3.63) is 63.3 Å². The van der Waals surface area contributed by atoms with Crippen molar-refractivity contribution in [2.24, 2.45) is 5.41 Å². The Labute approximate surface area is 170 Å². The Morgan fingerprint density at radius 1 is 1.22 bits per heavy atom. The summed E-state index contributed by atoms with van der Waals surface area (Å²) in [4.78, 5) is 29.5. The smallest absolute Gasteiger partial charge is 0.312 e. The van der Waals surface area contributed by atoms with Crippen LogP contribution in [-0.2, 0) is 16.3 Å². The van der Waals surface area contributed by atoms with Crippen LogP contribution in [0.1, 0.15) is 36.7 Å². The number of nitrogens with zero attached hydrogens (tertiary/aromatic N) is 2. The van der Waals surface area contributed by atoms with Gasteiger partial charge in [-0.3, -0.25) is 14.2 Å². The minimum absolute atomic E-state index is 0.0307. The van der Waals surface area contributed by atoms with Crippen LogP contribution in [0, 0.1) is 5.41 Å². The zero-order valence-corrected chi connectivity index (χ0v) is 17.5. The van der Waals surface area contributed by atoms with Gasteiger partial charge in [0.25, 0.3) is 0 Å². The lowest BCUT2D eigenvalue weighted by Gasteiger charge is -2.16. The lowest BCUT2D eigenvalue weighted by Crippen LogP contribution is -2.23. The molecule has 0 unspecified atom stereocenters. The van der Waals surface area contributed by atoms with Crippen LogP contribution in [0.4, 0.5) is 0 Å². The van der Waals surface area contributed by atoms with Gasteiger partial charge in [-0.25, -0.2) is 4.98 Å². The lowest BCUT2D eigenvalue weighted by atomic mass is 9.98. The fraction of sp³-hybridized carbons (Fsp3) is 0.250. The number of pyridine rings is 1. The standard InChI is InChI=1S/C20H18BrClN2O3/c1-20(2,3)19(26)27-11-24-10-15(14-8-12(21)9-23-18(14)24)17(25)13-6-4-5-7-16(13)22/h4-10H,11H2,1-3H3. The van der Waals surface area contributed by atoms with Gasteiger partial charge in [-0.2, -0.15) is 0 Å². The van der Waals surface area contributed by atoms with Crippen molar-refractivity contribution in [2.75, 3.05) is 0 Å². The molecule has 1 aromatic carbocycles. The highest BCUT2D eigenvalue weighted by Gasteiger charge is 2.24. The molecule has 140 valence electrons. The van der Waals surface area contributed by atoms with E-state index < -0.39 is 5.41 Å². The molecule has 3 rings (SSSR count). The predicted octanol–water partition coefficient (Wildman–Crippen LogP) is 5.23. The molecule has 0 saturated heterocycles. The van der Waals surface area contributed by atoms with Crippen LogP contribution >= 0.6 is 27.5 Å². The molecule has 0 fully saturated rings. The molecule has 2 heterocycles. The molecule has 0 amide bonds. The molecule has 0 saturated carbocycles. The summed E-state index contributed by atoms with van der Waals surface area (Å²) in [5.41, 5.74) is 0.786. The molecule has 0 atom stereocenters. The molecular formula is C20H18BrClN2O3. The maximum Gasteiger partial charge on any atom is 0.312 e. The van der Waals surface area contributed by atoms with Crippen LogP contribution in [0.5, 0.6) is 0 Å². The second-order valence-corrected chi connectivity index (χ2v) is 8.48. The Hall–Kier alpha value is -2.18. The molecule has 7 heteroatoms. The molecule has 0 aliphatic heterocycles. The monoisotopic (exact) mass is 448 g/mol. The largest absolute Gasteiger partial charge is 0.443 e. The Balaban J connectivity index is 2.04. The number of ether oxygens (including phenoxy) is 1. The van der Waals surface area contributed by atoms with E-state index in [1.54, 1.807) is 62.0 Å². The van der Waals surface area contributed by atoms with Crippen LogP contribution < -0.4 is 0 Å². The van der Waals surface area contributed by atoms with Crippen LogP contribution in [0.15, 0.2) is 47.2 Å². The van der Waals surface area contributed by atoms with Gasteiger partial charge >= 0.3 is 5.97 Å². The van der Waals surface area contributed by atoms with Crippen molar-refractivity contribution < 1.29 is 14.3 Å². The predicted molar refractivity (Wildman–Crippen MR) is 108 cm³/mol. The zero-order valence-electron chi connectivity index (χ0n) is 15.1. The van der Waals surface area contributed by atoms with E-state index in [9.17, 15) is 9.59 Å². The summed E-state index contributed by atoms with van der Waals surface area (Å²) in [6.07, 6.45) is 3.28. The molecule has 0 N–H and O–H groups in total. The third kappa shape index (κ3) is 4.06. The number of aromatic nitrogens is 2. The van der Waals surface area contributed by atoms with E-state index in [1.165, 1.54) is 0 Å². The van der Waals surface area contributed by atoms with E-state index in [0.29, 0.717) is 27.2 Å². The van der Waals surface area contributed by atoms with Gasteiger partial charge in [0.15, 0.2) is 12.5 Å². The number of fused-ring (bicyclic) bond motifs is 1. The Bertz CT molecular complexity index is 1040. The molecule has 0 aliphatic carbocycles. The van der Waals surface area contributed by atoms with E-state index in [0.717, 1.165) is 4.47 Å². The van der Waals surface area contributed by atoms with Crippen molar-refractivity contribution in [1.29, 1.82) is 0 Å². The highest BCUT2D eigenvalue weighted by molar-refractivity contribution is 9.10. The summed E-state index contributed by atoms with van der Waals surface area (Å²) in [6.45, 7) is 5.32. The van der Waals surface area contributed by atoms with Gasteiger partial charge < -0.3 is 4.74 Å². The Morgan fingerprint density at radius 2 is 1.93 bits per heavy atom. The van der Waals surface area contributed by atoms with Crippen molar-refractivity contribution in [1.82, 2.24) is 9.55 Å². The molecule has 5 nitrogen and oxygen atoms in total. The van der Waals surface area contributed by atoms with E-state index in [1.807, 2.05) is 6.07 Å². The number of ketones is 1. The molecule has 0 spiro atoms. The van der Waals surface area contributed by atoms with Gasteiger partial charge in [-0.05, 0) is 54.9 Å². The van der Waals surface area contributed by atoms with Gasteiger partial charge in [-0.15, -0.1) is 0 Å². The maximum atomic E-state index is 13.1. The average molecular weight is 450 g/mol. The van der Waals surface area contributed by atoms with E-state index in [4.69, 9.17) is 16.3 Å². The molecule has 27 heavy (non-hydrogen) atoms. The van der Waals surface area contributed by atoms with E-state index >= 15 is 0 Å². The van der Waals surface area contributed by atoms with Crippen LogP contribution in [0.3, 0.4) is 0 Å². The summed E-state index contributed by atoms with van der Waals surface area (Å²) >= 11 is 9.58. The van der Waals surface area contributed by atoms with Crippen molar-refractivity contribution in [3.63, 3.8) is 0 Å². The second kappa shape index (κ2) is 7.44. The summed E-state index contributed by atoms with van der Waals surface area (Å²) in [5.74, 6) is -0.549. The first-order valence-electron chi connectivity index (χ1n) is 8.29. The first kappa shape index (κ1) is 19.6. The third-order valence-corrected chi connectivity index (χ3v) is 4.75. The highest BCUT2D eigenvalue weighted by atomic mass is 79.9. The summed E-state index contributed by atoms with van der Waals surface area (Å²) in [5, 5.41) is 1.03. The molecule has 3 aromatic rings. The van der Waals surface area contributed by atoms with Crippen molar-refractivity contribution >= 4 is 50.3 Å². The average Bonchev–Trinajstić information content (AvgIpc) is 2.96. The number of esters is 1. The number of benzene rings is 1. The second-order valence-electron chi connectivity index (χ2n) is 7.16. The van der Waals surface area contributed by atoms with Crippen LogP contribution in [0.2, 0.25) is 5.02 Å². The summed E-state index contributed by atoms with van der Waals surface area (Å²) in [7, 11) is 0. The number of carbonyl (C=O) groups is 2. The Morgan fingerprint density at radius 3 is 2.59 bits per heavy atom.